The lowest BCUT2D eigenvalue weighted by Gasteiger charge is -2.07. The SMILES string of the molecule is CC(=O)c1c(N)cc(F)c(C=CC(=O)O)c1F. The van der Waals surface area contributed by atoms with Gasteiger partial charge in [0.05, 0.1) is 5.56 Å². The lowest BCUT2D eigenvalue weighted by Crippen LogP contribution is -2.07. The number of benzene rings is 1. The molecule has 0 atom stereocenters. The summed E-state index contributed by atoms with van der Waals surface area (Å²) in [6, 6.07) is 0.779. The van der Waals surface area contributed by atoms with Crippen molar-refractivity contribution in [2.45, 2.75) is 6.92 Å². The van der Waals surface area contributed by atoms with E-state index in [2.05, 4.69) is 0 Å². The summed E-state index contributed by atoms with van der Waals surface area (Å²) in [6.07, 6.45) is 1.31. The van der Waals surface area contributed by atoms with E-state index in [0.717, 1.165) is 19.1 Å². The second-order valence-corrected chi connectivity index (χ2v) is 3.28. The van der Waals surface area contributed by atoms with Gasteiger partial charge in [-0.25, -0.2) is 13.6 Å². The van der Waals surface area contributed by atoms with Gasteiger partial charge in [0.15, 0.2) is 5.78 Å². The number of nitrogens with two attached hydrogens (primary N) is 1. The average Bonchev–Trinajstić information content (AvgIpc) is 2.14. The van der Waals surface area contributed by atoms with Crippen LogP contribution in [0.15, 0.2) is 12.1 Å². The Labute approximate surface area is 95.4 Å². The van der Waals surface area contributed by atoms with Crippen LogP contribution in [0.4, 0.5) is 14.5 Å². The van der Waals surface area contributed by atoms with Gasteiger partial charge in [-0.3, -0.25) is 4.79 Å². The molecule has 1 aromatic carbocycles. The number of nitrogen functional groups attached to an aromatic ring is 1. The minimum atomic E-state index is -1.36. The number of ketones is 1. The van der Waals surface area contributed by atoms with Crippen molar-refractivity contribution in [1.82, 2.24) is 0 Å². The summed E-state index contributed by atoms with van der Waals surface area (Å²) in [6.45, 7) is 1.08. The molecule has 1 rings (SSSR count). The second kappa shape index (κ2) is 4.73. The molecule has 0 fully saturated rings. The minimum Gasteiger partial charge on any atom is -0.478 e. The fourth-order valence-corrected chi connectivity index (χ4v) is 1.32. The summed E-state index contributed by atoms with van der Waals surface area (Å²) in [7, 11) is 0. The maximum absolute atomic E-state index is 13.7. The maximum atomic E-state index is 13.7. The molecule has 0 aliphatic rings. The predicted octanol–water partition coefficient (Wildman–Crippen LogP) is 1.85. The van der Waals surface area contributed by atoms with Crippen molar-refractivity contribution in [2.24, 2.45) is 0 Å². The van der Waals surface area contributed by atoms with Gasteiger partial charge in [0.2, 0.25) is 0 Å². The van der Waals surface area contributed by atoms with Gasteiger partial charge in [0, 0.05) is 17.3 Å². The molecule has 0 unspecified atom stereocenters. The van der Waals surface area contributed by atoms with Crippen molar-refractivity contribution >= 4 is 23.5 Å². The molecule has 3 N–H and O–H groups in total. The summed E-state index contributed by atoms with van der Waals surface area (Å²) in [5, 5.41) is 8.37. The first kappa shape index (κ1) is 12.8. The Morgan fingerprint density at radius 3 is 2.47 bits per heavy atom. The van der Waals surface area contributed by atoms with E-state index in [0.29, 0.717) is 6.08 Å². The smallest absolute Gasteiger partial charge is 0.328 e. The van der Waals surface area contributed by atoms with Crippen molar-refractivity contribution in [2.75, 3.05) is 5.73 Å². The highest BCUT2D eigenvalue weighted by Gasteiger charge is 2.18. The van der Waals surface area contributed by atoms with Crippen molar-refractivity contribution in [3.63, 3.8) is 0 Å². The molecule has 0 aliphatic heterocycles. The van der Waals surface area contributed by atoms with Crippen LogP contribution in [-0.2, 0) is 4.79 Å². The van der Waals surface area contributed by atoms with Crippen molar-refractivity contribution in [3.05, 3.63) is 34.9 Å². The van der Waals surface area contributed by atoms with Crippen LogP contribution in [0.2, 0.25) is 0 Å². The molecule has 4 nitrogen and oxygen atoms in total. The highest BCUT2D eigenvalue weighted by atomic mass is 19.1. The molecule has 0 saturated heterocycles. The van der Waals surface area contributed by atoms with Gasteiger partial charge >= 0.3 is 5.97 Å². The number of anilines is 1. The van der Waals surface area contributed by atoms with E-state index in [1.807, 2.05) is 0 Å². The van der Waals surface area contributed by atoms with E-state index < -0.39 is 34.5 Å². The molecular formula is C11H9F2NO3. The van der Waals surface area contributed by atoms with Crippen LogP contribution in [0.3, 0.4) is 0 Å². The highest BCUT2D eigenvalue weighted by molar-refractivity contribution is 6.00. The van der Waals surface area contributed by atoms with E-state index in [1.54, 1.807) is 0 Å². The summed E-state index contributed by atoms with van der Waals surface area (Å²) in [5.41, 5.74) is 3.93. The number of rotatable bonds is 3. The molecule has 0 spiro atoms. The van der Waals surface area contributed by atoms with Gasteiger partial charge in [-0.1, -0.05) is 0 Å². The van der Waals surface area contributed by atoms with E-state index >= 15 is 0 Å². The van der Waals surface area contributed by atoms with E-state index in [9.17, 15) is 18.4 Å². The third-order valence-electron chi connectivity index (χ3n) is 2.03. The number of hydrogen-bond acceptors (Lipinski definition) is 3. The van der Waals surface area contributed by atoms with Crippen LogP contribution >= 0.6 is 0 Å². The first-order valence-corrected chi connectivity index (χ1v) is 4.54. The van der Waals surface area contributed by atoms with Crippen molar-refractivity contribution in [3.8, 4) is 0 Å². The quantitative estimate of drug-likeness (QED) is 0.480. The summed E-state index contributed by atoms with van der Waals surface area (Å²) >= 11 is 0. The van der Waals surface area contributed by atoms with Gasteiger partial charge in [0.1, 0.15) is 11.6 Å². The number of aliphatic carboxylic acids is 1. The van der Waals surface area contributed by atoms with E-state index in [4.69, 9.17) is 10.8 Å². The summed E-state index contributed by atoms with van der Waals surface area (Å²) in [5.74, 6) is -4.20. The Balaban J connectivity index is 3.46. The standard InChI is InChI=1S/C11H9F2NO3/c1-5(15)10-8(14)4-7(12)6(11(10)13)2-3-9(16)17/h2-4H,14H2,1H3,(H,16,17). The molecule has 0 saturated carbocycles. The van der Waals surface area contributed by atoms with Crippen LogP contribution in [0.5, 0.6) is 0 Å². The minimum absolute atomic E-state index is 0.319. The van der Waals surface area contributed by atoms with Crippen molar-refractivity contribution < 1.29 is 23.5 Å². The normalized spacial score (nSPS) is 10.8. The Kier molecular flexibility index (Phi) is 3.57. The molecule has 0 heterocycles. The maximum Gasteiger partial charge on any atom is 0.328 e. The van der Waals surface area contributed by atoms with Gasteiger partial charge in [0.25, 0.3) is 0 Å². The van der Waals surface area contributed by atoms with Crippen LogP contribution in [-0.4, -0.2) is 16.9 Å². The molecule has 0 bridgehead atoms. The molecule has 1 aromatic rings. The van der Waals surface area contributed by atoms with E-state index in [1.165, 1.54) is 0 Å². The Bertz CT molecular complexity index is 524. The number of carbonyl (C=O) groups is 2. The third kappa shape index (κ3) is 2.66. The molecule has 17 heavy (non-hydrogen) atoms. The highest BCUT2D eigenvalue weighted by Crippen LogP contribution is 2.24. The monoisotopic (exact) mass is 241 g/mol. The molecular weight excluding hydrogens is 232 g/mol. The largest absolute Gasteiger partial charge is 0.478 e. The third-order valence-corrected chi connectivity index (χ3v) is 2.03. The van der Waals surface area contributed by atoms with Gasteiger partial charge < -0.3 is 10.8 Å². The molecule has 90 valence electrons. The molecule has 0 amide bonds. The fourth-order valence-electron chi connectivity index (χ4n) is 1.32. The zero-order valence-corrected chi connectivity index (χ0v) is 8.83. The molecule has 0 aromatic heterocycles. The van der Waals surface area contributed by atoms with Crippen LogP contribution < -0.4 is 5.73 Å². The van der Waals surface area contributed by atoms with Crippen LogP contribution in [0, 0.1) is 11.6 Å². The topological polar surface area (TPSA) is 80.4 Å². The molecule has 6 heteroatoms. The summed E-state index contributed by atoms with van der Waals surface area (Å²) in [4.78, 5) is 21.4. The second-order valence-electron chi connectivity index (χ2n) is 3.28. The average molecular weight is 241 g/mol. The Morgan fingerprint density at radius 2 is 2.00 bits per heavy atom. The van der Waals surface area contributed by atoms with Gasteiger partial charge in [-0.2, -0.15) is 0 Å². The first-order chi connectivity index (χ1) is 7.84. The molecule has 0 radical (unpaired) electrons. The first-order valence-electron chi connectivity index (χ1n) is 4.54. The number of hydrogen-bond donors (Lipinski definition) is 2. The number of halogens is 2. The van der Waals surface area contributed by atoms with E-state index in [-0.39, 0.29) is 5.69 Å². The number of carbonyl (C=O) groups excluding carboxylic acids is 1. The van der Waals surface area contributed by atoms with Crippen LogP contribution in [0.25, 0.3) is 6.08 Å². The number of Topliss-reactive ketones (excluding diaryl/α,β-unsaturated/α-hetero) is 1. The Hall–Kier alpha value is -2.24. The van der Waals surface area contributed by atoms with Gasteiger partial charge in [-0.05, 0) is 19.1 Å². The summed E-state index contributed by atoms with van der Waals surface area (Å²) < 4.78 is 27.0. The van der Waals surface area contributed by atoms with Crippen molar-refractivity contribution in [1.29, 1.82) is 0 Å². The fraction of sp³-hybridized carbons (Fsp3) is 0.0909. The molecule has 0 aliphatic carbocycles. The zero-order valence-electron chi connectivity index (χ0n) is 8.83. The predicted molar refractivity (Wildman–Crippen MR) is 57.4 cm³/mol. The van der Waals surface area contributed by atoms with Crippen LogP contribution in [0.1, 0.15) is 22.8 Å². The number of carboxylic acid groups (broad SMARTS) is 1. The van der Waals surface area contributed by atoms with Gasteiger partial charge in [-0.15, -0.1) is 0 Å². The Morgan fingerprint density at radius 1 is 1.41 bits per heavy atom. The number of carboxylic acids is 1. The zero-order chi connectivity index (χ0) is 13.2. The lowest BCUT2D eigenvalue weighted by molar-refractivity contribution is -0.131. The lowest BCUT2D eigenvalue weighted by atomic mass is 10.0.